The average molecular weight is 322 g/mol. The third-order valence-electron chi connectivity index (χ3n) is 2.32. The number of carbonyl (C=O) groups is 1. The van der Waals surface area contributed by atoms with Crippen molar-refractivity contribution in [3.8, 4) is 0 Å². The lowest BCUT2D eigenvalue weighted by Gasteiger charge is -2.05. The summed E-state index contributed by atoms with van der Waals surface area (Å²) in [7, 11) is 0. The smallest absolute Gasteiger partial charge is 0.248 e. The van der Waals surface area contributed by atoms with Gasteiger partial charge in [-0.15, -0.1) is 11.3 Å². The fraction of sp³-hybridized carbons (Fsp3) is 0.0714. The molecule has 1 heterocycles. The number of hydrogen-bond acceptors (Lipinski definition) is 2. The minimum atomic E-state index is -0.130. The molecule has 1 aromatic carbocycles. The van der Waals surface area contributed by atoms with E-state index in [2.05, 4.69) is 21.2 Å². The van der Waals surface area contributed by atoms with Crippen LogP contribution in [0, 0.1) is 6.92 Å². The van der Waals surface area contributed by atoms with Gasteiger partial charge in [0.25, 0.3) is 0 Å². The summed E-state index contributed by atoms with van der Waals surface area (Å²) in [5.41, 5.74) is 1.89. The molecule has 2 rings (SSSR count). The molecule has 4 heteroatoms. The van der Waals surface area contributed by atoms with Crippen molar-refractivity contribution in [1.82, 2.24) is 0 Å². The van der Waals surface area contributed by atoms with Crippen LogP contribution in [-0.4, -0.2) is 5.91 Å². The molecular weight excluding hydrogens is 310 g/mol. The highest BCUT2D eigenvalue weighted by atomic mass is 79.9. The molecule has 0 bridgehead atoms. The predicted molar refractivity (Wildman–Crippen MR) is 80.9 cm³/mol. The van der Waals surface area contributed by atoms with Crippen LogP contribution in [0.25, 0.3) is 6.08 Å². The average Bonchev–Trinajstić information content (AvgIpc) is 2.84. The molecule has 0 aliphatic carbocycles. The Kier molecular flexibility index (Phi) is 4.33. The Bertz CT molecular complexity index is 575. The lowest BCUT2D eigenvalue weighted by molar-refractivity contribution is -0.111. The van der Waals surface area contributed by atoms with Gasteiger partial charge in [-0.2, -0.15) is 0 Å². The largest absolute Gasteiger partial charge is 0.321 e. The highest BCUT2D eigenvalue weighted by Crippen LogP contribution is 2.23. The summed E-state index contributed by atoms with van der Waals surface area (Å²) in [5.74, 6) is -0.130. The van der Waals surface area contributed by atoms with Gasteiger partial charge in [0.05, 0.1) is 5.69 Å². The summed E-state index contributed by atoms with van der Waals surface area (Å²) in [6, 6.07) is 9.77. The zero-order valence-electron chi connectivity index (χ0n) is 9.81. The number of rotatable bonds is 3. The predicted octanol–water partition coefficient (Wildman–Crippen LogP) is 4.47. The molecule has 92 valence electrons. The van der Waals surface area contributed by atoms with E-state index >= 15 is 0 Å². The second-order valence-electron chi connectivity index (χ2n) is 3.82. The maximum Gasteiger partial charge on any atom is 0.248 e. The molecule has 0 fully saturated rings. The Morgan fingerprint density at radius 1 is 1.39 bits per heavy atom. The number of thiophene rings is 1. The summed E-state index contributed by atoms with van der Waals surface area (Å²) < 4.78 is 0.881. The van der Waals surface area contributed by atoms with E-state index in [9.17, 15) is 4.79 Å². The Labute approximate surface area is 118 Å². The fourth-order valence-corrected chi connectivity index (χ4v) is 2.42. The molecule has 0 saturated heterocycles. The van der Waals surface area contributed by atoms with Crippen molar-refractivity contribution in [1.29, 1.82) is 0 Å². The minimum Gasteiger partial charge on any atom is -0.321 e. The van der Waals surface area contributed by atoms with Crippen LogP contribution in [0.4, 0.5) is 5.69 Å². The monoisotopic (exact) mass is 321 g/mol. The van der Waals surface area contributed by atoms with Gasteiger partial charge >= 0.3 is 0 Å². The van der Waals surface area contributed by atoms with Crippen molar-refractivity contribution < 1.29 is 4.79 Å². The minimum absolute atomic E-state index is 0.130. The fourth-order valence-electron chi connectivity index (χ4n) is 1.45. The first-order valence-electron chi connectivity index (χ1n) is 5.44. The Morgan fingerprint density at radius 2 is 2.22 bits per heavy atom. The van der Waals surface area contributed by atoms with Gasteiger partial charge in [0.2, 0.25) is 5.91 Å². The molecule has 1 aromatic heterocycles. The molecule has 2 aromatic rings. The van der Waals surface area contributed by atoms with Crippen LogP contribution in [0.2, 0.25) is 0 Å². The van der Waals surface area contributed by atoms with E-state index in [1.54, 1.807) is 17.4 Å². The lowest BCUT2D eigenvalue weighted by atomic mass is 10.2. The van der Waals surface area contributed by atoms with Crippen LogP contribution in [0.5, 0.6) is 0 Å². The van der Waals surface area contributed by atoms with E-state index in [0.717, 1.165) is 20.6 Å². The van der Waals surface area contributed by atoms with Gasteiger partial charge in [-0.1, -0.05) is 12.1 Å². The molecule has 0 saturated carbocycles. The van der Waals surface area contributed by atoms with E-state index in [1.807, 2.05) is 48.7 Å². The Hall–Kier alpha value is -1.39. The number of hydrogen-bond donors (Lipinski definition) is 1. The topological polar surface area (TPSA) is 29.1 Å². The normalized spacial score (nSPS) is 10.8. The summed E-state index contributed by atoms with van der Waals surface area (Å²) in [6.45, 7) is 1.99. The molecule has 1 N–H and O–H groups in total. The van der Waals surface area contributed by atoms with Crippen LogP contribution in [0.15, 0.2) is 46.3 Å². The second-order valence-corrected chi connectivity index (χ2v) is 5.65. The number of amides is 1. The lowest BCUT2D eigenvalue weighted by Crippen LogP contribution is -2.08. The molecule has 0 unspecified atom stereocenters. The van der Waals surface area contributed by atoms with Gasteiger partial charge in [0.15, 0.2) is 0 Å². The van der Waals surface area contributed by atoms with Gasteiger partial charge in [-0.3, -0.25) is 4.79 Å². The standard InChI is InChI=1S/C14H12BrNOS/c1-10-4-6-12(15)13(9-10)16-14(17)7-5-11-3-2-8-18-11/h2-9H,1H3,(H,16,17)/b7-5+. The number of carbonyl (C=O) groups excluding carboxylic acids is 1. The summed E-state index contributed by atoms with van der Waals surface area (Å²) in [5, 5.41) is 4.83. The van der Waals surface area contributed by atoms with Crippen molar-refractivity contribution in [2.24, 2.45) is 0 Å². The Balaban J connectivity index is 2.05. The first-order chi connectivity index (χ1) is 8.65. The van der Waals surface area contributed by atoms with Crippen molar-refractivity contribution in [3.05, 3.63) is 56.7 Å². The van der Waals surface area contributed by atoms with Crippen LogP contribution in [0.1, 0.15) is 10.4 Å². The number of aryl methyl sites for hydroxylation is 1. The van der Waals surface area contributed by atoms with Gasteiger partial charge in [0, 0.05) is 15.4 Å². The number of nitrogens with one attached hydrogen (secondary N) is 1. The molecule has 0 spiro atoms. The summed E-state index contributed by atoms with van der Waals surface area (Å²) >= 11 is 5.01. The van der Waals surface area contributed by atoms with Crippen LogP contribution < -0.4 is 5.32 Å². The number of halogens is 1. The van der Waals surface area contributed by atoms with E-state index in [4.69, 9.17) is 0 Å². The maximum absolute atomic E-state index is 11.8. The zero-order valence-corrected chi connectivity index (χ0v) is 12.2. The highest BCUT2D eigenvalue weighted by molar-refractivity contribution is 9.10. The molecule has 1 amide bonds. The van der Waals surface area contributed by atoms with E-state index in [-0.39, 0.29) is 5.91 Å². The molecule has 2 nitrogen and oxygen atoms in total. The highest BCUT2D eigenvalue weighted by Gasteiger charge is 2.02. The van der Waals surface area contributed by atoms with Crippen LogP contribution in [-0.2, 0) is 4.79 Å². The Morgan fingerprint density at radius 3 is 2.94 bits per heavy atom. The summed E-state index contributed by atoms with van der Waals surface area (Å²) in [4.78, 5) is 12.8. The van der Waals surface area contributed by atoms with Crippen molar-refractivity contribution in [2.75, 3.05) is 5.32 Å². The molecule has 0 aliphatic rings. The zero-order chi connectivity index (χ0) is 13.0. The third-order valence-corrected chi connectivity index (χ3v) is 3.85. The summed E-state index contributed by atoms with van der Waals surface area (Å²) in [6.07, 6.45) is 3.35. The van der Waals surface area contributed by atoms with Crippen molar-refractivity contribution in [3.63, 3.8) is 0 Å². The van der Waals surface area contributed by atoms with Gasteiger partial charge in [-0.25, -0.2) is 0 Å². The second kappa shape index (κ2) is 5.98. The van der Waals surface area contributed by atoms with Gasteiger partial charge in [0.1, 0.15) is 0 Å². The number of benzene rings is 1. The maximum atomic E-state index is 11.8. The molecule has 18 heavy (non-hydrogen) atoms. The molecule has 0 aliphatic heterocycles. The molecular formula is C14H12BrNOS. The third kappa shape index (κ3) is 3.55. The number of anilines is 1. The van der Waals surface area contributed by atoms with Crippen LogP contribution >= 0.6 is 27.3 Å². The SMILES string of the molecule is Cc1ccc(Br)c(NC(=O)/C=C/c2cccs2)c1. The quantitative estimate of drug-likeness (QED) is 0.830. The first-order valence-corrected chi connectivity index (χ1v) is 7.11. The molecule has 0 radical (unpaired) electrons. The van der Waals surface area contributed by atoms with Crippen molar-refractivity contribution in [2.45, 2.75) is 6.92 Å². The van der Waals surface area contributed by atoms with E-state index in [0.29, 0.717) is 0 Å². The molecule has 0 atom stereocenters. The van der Waals surface area contributed by atoms with Crippen LogP contribution in [0.3, 0.4) is 0 Å². The first kappa shape index (κ1) is 13.1. The van der Waals surface area contributed by atoms with E-state index < -0.39 is 0 Å². The van der Waals surface area contributed by atoms with Gasteiger partial charge < -0.3 is 5.32 Å². The van der Waals surface area contributed by atoms with Crippen molar-refractivity contribution >= 4 is 44.9 Å². The van der Waals surface area contributed by atoms with E-state index in [1.165, 1.54) is 0 Å². The van der Waals surface area contributed by atoms with Gasteiger partial charge in [-0.05, 0) is 58.1 Å².